The Labute approximate surface area is 120 Å². The van der Waals surface area contributed by atoms with Gasteiger partial charge in [0.25, 0.3) is 5.91 Å². The van der Waals surface area contributed by atoms with Gasteiger partial charge in [-0.25, -0.2) is 0 Å². The summed E-state index contributed by atoms with van der Waals surface area (Å²) < 4.78 is 5.29. The van der Waals surface area contributed by atoms with Crippen LogP contribution in [-0.4, -0.2) is 42.6 Å². The van der Waals surface area contributed by atoms with Crippen molar-refractivity contribution in [3.63, 3.8) is 0 Å². The number of benzene rings is 1. The zero-order valence-corrected chi connectivity index (χ0v) is 12.6. The number of methoxy groups -OCH3 is 1. The molecule has 0 aliphatic carbocycles. The smallest absolute Gasteiger partial charge is 0.310 e. The normalized spacial score (nSPS) is 11.8. The lowest BCUT2D eigenvalue weighted by atomic mass is 10.1. The number of halogens is 1. The van der Waals surface area contributed by atoms with Crippen LogP contribution in [0.1, 0.15) is 17.3 Å². The third-order valence-electron chi connectivity index (χ3n) is 2.69. The first-order chi connectivity index (χ1) is 8.86. The van der Waals surface area contributed by atoms with Crippen molar-refractivity contribution in [2.24, 2.45) is 5.92 Å². The Morgan fingerprint density at radius 2 is 2.11 bits per heavy atom. The number of hydrogen-bond donors (Lipinski definition) is 1. The molecule has 5 nitrogen and oxygen atoms in total. The number of carbonyl (C=O) groups is 2. The van der Waals surface area contributed by atoms with Crippen LogP contribution in [0.25, 0.3) is 0 Å². The van der Waals surface area contributed by atoms with Crippen molar-refractivity contribution < 1.29 is 19.4 Å². The molecule has 1 aromatic carbocycles. The molecule has 0 saturated heterocycles. The molecule has 1 N–H and O–H groups in total. The highest BCUT2D eigenvalue weighted by Crippen LogP contribution is 2.23. The van der Waals surface area contributed by atoms with Gasteiger partial charge in [-0.3, -0.25) is 9.59 Å². The Morgan fingerprint density at radius 3 is 2.63 bits per heavy atom. The number of amides is 1. The second kappa shape index (κ2) is 6.56. The van der Waals surface area contributed by atoms with Crippen LogP contribution in [-0.2, 0) is 9.53 Å². The third-order valence-corrected chi connectivity index (χ3v) is 3.18. The lowest BCUT2D eigenvalue weighted by Gasteiger charge is -2.20. The molecule has 0 saturated carbocycles. The topological polar surface area (TPSA) is 66.8 Å². The zero-order valence-electron chi connectivity index (χ0n) is 11.0. The molecule has 1 unspecified atom stereocenters. The fourth-order valence-electron chi connectivity index (χ4n) is 1.66. The van der Waals surface area contributed by atoms with Crippen molar-refractivity contribution >= 4 is 27.8 Å². The van der Waals surface area contributed by atoms with E-state index in [1.54, 1.807) is 20.0 Å². The molecule has 0 spiro atoms. The van der Waals surface area contributed by atoms with Gasteiger partial charge in [-0.05, 0) is 18.2 Å². The van der Waals surface area contributed by atoms with Crippen LogP contribution in [0.3, 0.4) is 0 Å². The van der Waals surface area contributed by atoms with Crippen LogP contribution in [0, 0.1) is 5.92 Å². The molecule has 0 aromatic heterocycles. The summed E-state index contributed by atoms with van der Waals surface area (Å²) >= 11 is 3.21. The fourth-order valence-corrected chi connectivity index (χ4v) is 2.01. The molecule has 0 radical (unpaired) electrons. The minimum atomic E-state index is -0.420. The van der Waals surface area contributed by atoms with Gasteiger partial charge in [0.1, 0.15) is 5.75 Å². The molecule has 1 aromatic rings. The van der Waals surface area contributed by atoms with Gasteiger partial charge in [-0.15, -0.1) is 0 Å². The van der Waals surface area contributed by atoms with Crippen LogP contribution in [0.2, 0.25) is 0 Å². The third kappa shape index (κ3) is 3.96. The number of aromatic hydroxyl groups is 1. The monoisotopic (exact) mass is 329 g/mol. The van der Waals surface area contributed by atoms with Crippen molar-refractivity contribution in [2.75, 3.05) is 20.7 Å². The summed E-state index contributed by atoms with van der Waals surface area (Å²) in [7, 11) is 2.88. The maximum atomic E-state index is 12.1. The van der Waals surface area contributed by atoms with Crippen molar-refractivity contribution in [2.45, 2.75) is 6.92 Å². The van der Waals surface area contributed by atoms with Gasteiger partial charge in [0.05, 0.1) is 18.6 Å². The average molecular weight is 330 g/mol. The molecule has 6 heteroatoms. The van der Waals surface area contributed by atoms with Crippen LogP contribution < -0.4 is 0 Å². The number of hydrogen-bond acceptors (Lipinski definition) is 4. The predicted octanol–water partition coefficient (Wildman–Crippen LogP) is 2.04. The molecular weight excluding hydrogens is 314 g/mol. The van der Waals surface area contributed by atoms with E-state index in [1.807, 2.05) is 0 Å². The first-order valence-corrected chi connectivity index (χ1v) is 6.48. The Hall–Kier alpha value is -1.56. The maximum Gasteiger partial charge on any atom is 0.310 e. The second-order valence-electron chi connectivity index (χ2n) is 4.27. The minimum absolute atomic E-state index is 0.100. The molecule has 19 heavy (non-hydrogen) atoms. The average Bonchev–Trinajstić information content (AvgIpc) is 2.36. The summed E-state index contributed by atoms with van der Waals surface area (Å²) in [5, 5.41) is 9.73. The summed E-state index contributed by atoms with van der Waals surface area (Å²) in [5.74, 6) is -1.24. The molecule has 1 atom stereocenters. The molecule has 0 aliphatic heterocycles. The molecule has 1 amide bonds. The van der Waals surface area contributed by atoms with E-state index >= 15 is 0 Å². The van der Waals surface area contributed by atoms with Crippen molar-refractivity contribution in [3.8, 4) is 5.75 Å². The SMILES string of the molecule is COC(=O)C(C)CN(C)C(=O)c1ccc(Br)cc1O. The van der Waals surface area contributed by atoms with E-state index < -0.39 is 5.92 Å². The largest absolute Gasteiger partial charge is 0.507 e. The molecule has 1 rings (SSSR count). The van der Waals surface area contributed by atoms with Gasteiger partial charge in [-0.1, -0.05) is 22.9 Å². The Morgan fingerprint density at radius 1 is 1.47 bits per heavy atom. The number of carbonyl (C=O) groups excluding carboxylic acids is 2. The lowest BCUT2D eigenvalue weighted by Crippen LogP contribution is -2.34. The number of phenols is 1. The summed E-state index contributed by atoms with van der Waals surface area (Å²) in [6, 6.07) is 4.65. The van der Waals surface area contributed by atoms with E-state index in [1.165, 1.54) is 24.1 Å². The van der Waals surface area contributed by atoms with E-state index in [0.29, 0.717) is 4.47 Å². The Balaban J connectivity index is 2.79. The molecule has 104 valence electrons. The summed E-state index contributed by atoms with van der Waals surface area (Å²) in [5.41, 5.74) is 0.197. The number of phenolic OH excluding ortho intramolecular Hbond substituents is 1. The van der Waals surface area contributed by atoms with Crippen LogP contribution >= 0.6 is 15.9 Å². The van der Waals surface area contributed by atoms with Crippen molar-refractivity contribution in [1.82, 2.24) is 4.90 Å². The van der Waals surface area contributed by atoms with Gasteiger partial charge in [-0.2, -0.15) is 0 Å². The Kier molecular flexibility index (Phi) is 5.35. The van der Waals surface area contributed by atoms with Gasteiger partial charge in [0.2, 0.25) is 0 Å². The number of nitrogens with zero attached hydrogens (tertiary/aromatic N) is 1. The van der Waals surface area contributed by atoms with E-state index in [9.17, 15) is 14.7 Å². The maximum absolute atomic E-state index is 12.1. The van der Waals surface area contributed by atoms with E-state index in [2.05, 4.69) is 20.7 Å². The first kappa shape index (κ1) is 15.5. The summed E-state index contributed by atoms with van der Waals surface area (Å²) in [6.45, 7) is 1.90. The highest BCUT2D eigenvalue weighted by atomic mass is 79.9. The first-order valence-electron chi connectivity index (χ1n) is 5.68. The van der Waals surface area contributed by atoms with Gasteiger partial charge < -0.3 is 14.7 Å². The predicted molar refractivity (Wildman–Crippen MR) is 73.9 cm³/mol. The zero-order chi connectivity index (χ0) is 14.6. The van der Waals surface area contributed by atoms with E-state index in [0.717, 1.165) is 0 Å². The second-order valence-corrected chi connectivity index (χ2v) is 5.19. The molecule has 0 bridgehead atoms. The fraction of sp³-hybridized carbons (Fsp3) is 0.385. The quantitative estimate of drug-likeness (QED) is 0.858. The van der Waals surface area contributed by atoms with Gasteiger partial charge >= 0.3 is 5.97 Å². The molecule has 0 aliphatic rings. The molecule has 0 fully saturated rings. The number of esters is 1. The lowest BCUT2D eigenvalue weighted by molar-refractivity contribution is -0.145. The number of rotatable bonds is 4. The van der Waals surface area contributed by atoms with Gasteiger partial charge in [0, 0.05) is 18.1 Å². The van der Waals surface area contributed by atoms with Crippen molar-refractivity contribution in [1.29, 1.82) is 0 Å². The van der Waals surface area contributed by atoms with Crippen LogP contribution in [0.4, 0.5) is 0 Å². The Bertz CT molecular complexity index is 490. The summed E-state index contributed by atoms with van der Waals surface area (Å²) in [6.07, 6.45) is 0. The van der Waals surface area contributed by atoms with Crippen LogP contribution in [0.5, 0.6) is 5.75 Å². The summed E-state index contributed by atoms with van der Waals surface area (Å²) in [4.78, 5) is 24.8. The molecule has 0 heterocycles. The van der Waals surface area contributed by atoms with Crippen LogP contribution in [0.15, 0.2) is 22.7 Å². The van der Waals surface area contributed by atoms with E-state index in [-0.39, 0.29) is 29.7 Å². The minimum Gasteiger partial charge on any atom is -0.507 e. The van der Waals surface area contributed by atoms with Crippen molar-refractivity contribution in [3.05, 3.63) is 28.2 Å². The number of ether oxygens (including phenoxy) is 1. The van der Waals surface area contributed by atoms with Gasteiger partial charge in [0.15, 0.2) is 0 Å². The standard InChI is InChI=1S/C13H16BrNO4/c1-8(13(18)19-3)7-15(2)12(17)10-5-4-9(14)6-11(10)16/h4-6,8,16H,7H2,1-3H3. The van der Waals surface area contributed by atoms with E-state index in [4.69, 9.17) is 0 Å². The molecular formula is C13H16BrNO4. The highest BCUT2D eigenvalue weighted by Gasteiger charge is 2.21. The highest BCUT2D eigenvalue weighted by molar-refractivity contribution is 9.10.